The summed E-state index contributed by atoms with van der Waals surface area (Å²) in [4.78, 5) is 14.5. The minimum absolute atomic E-state index is 0.289. The van der Waals surface area contributed by atoms with Gasteiger partial charge in [-0.15, -0.1) is 0 Å². The van der Waals surface area contributed by atoms with Crippen molar-refractivity contribution in [2.45, 2.75) is 18.6 Å². The number of carboxylic acid groups (broad SMARTS) is 1. The zero-order valence-corrected chi connectivity index (χ0v) is 9.83. The quantitative estimate of drug-likeness (QED) is 0.628. The maximum absolute atomic E-state index is 10.3. The Balaban J connectivity index is 2.46. The normalized spacial score (nSPS) is 27.0. The van der Waals surface area contributed by atoms with Crippen molar-refractivity contribution >= 4 is 5.97 Å². The summed E-state index contributed by atoms with van der Waals surface area (Å²) in [5.74, 6) is -0.927. The lowest BCUT2D eigenvalue weighted by Crippen LogP contribution is -2.37. The SMILES string of the molecule is CN(C)CC1CC(O)CN1CC=CC(=O)O. The number of β-amino-alcohol motifs (C(OH)–C–C–N with tert-alkyl or cyclic N) is 1. The van der Waals surface area contributed by atoms with Gasteiger partial charge in [-0.25, -0.2) is 4.79 Å². The van der Waals surface area contributed by atoms with Crippen molar-refractivity contribution in [3.63, 3.8) is 0 Å². The monoisotopic (exact) mass is 228 g/mol. The number of hydrogen-bond donors (Lipinski definition) is 2. The van der Waals surface area contributed by atoms with Crippen LogP contribution in [-0.2, 0) is 4.79 Å². The topological polar surface area (TPSA) is 64.0 Å². The van der Waals surface area contributed by atoms with Crippen molar-refractivity contribution < 1.29 is 15.0 Å². The lowest BCUT2D eigenvalue weighted by Gasteiger charge is -2.25. The Hall–Kier alpha value is -0.910. The van der Waals surface area contributed by atoms with Gasteiger partial charge in [0.1, 0.15) is 0 Å². The van der Waals surface area contributed by atoms with Gasteiger partial charge in [0.15, 0.2) is 0 Å². The molecule has 0 saturated carbocycles. The largest absolute Gasteiger partial charge is 0.478 e. The molecule has 0 aromatic heterocycles. The summed E-state index contributed by atoms with van der Waals surface area (Å²) >= 11 is 0. The van der Waals surface area contributed by atoms with Crippen molar-refractivity contribution in [3.8, 4) is 0 Å². The first kappa shape index (κ1) is 13.2. The number of likely N-dealkylation sites (N-methyl/N-ethyl adjacent to an activating group) is 1. The minimum Gasteiger partial charge on any atom is -0.478 e. The van der Waals surface area contributed by atoms with E-state index in [0.29, 0.717) is 19.1 Å². The average molecular weight is 228 g/mol. The molecule has 0 bridgehead atoms. The molecule has 1 heterocycles. The Morgan fingerprint density at radius 2 is 2.25 bits per heavy atom. The van der Waals surface area contributed by atoms with Gasteiger partial charge < -0.3 is 15.1 Å². The summed E-state index contributed by atoms with van der Waals surface area (Å²) in [7, 11) is 3.99. The molecule has 2 unspecified atom stereocenters. The summed E-state index contributed by atoms with van der Waals surface area (Å²) in [5.41, 5.74) is 0. The second kappa shape index (κ2) is 5.98. The molecule has 0 aliphatic carbocycles. The van der Waals surface area contributed by atoms with Gasteiger partial charge in [-0.3, -0.25) is 4.90 Å². The molecule has 2 N–H and O–H groups in total. The third kappa shape index (κ3) is 4.30. The van der Waals surface area contributed by atoms with Crippen LogP contribution >= 0.6 is 0 Å². The summed E-state index contributed by atoms with van der Waals surface area (Å²) in [6.45, 7) is 2.10. The molecule has 2 atom stereocenters. The average Bonchev–Trinajstić information content (AvgIpc) is 2.44. The Bertz CT molecular complexity index is 266. The Kier molecular flexibility index (Phi) is 4.92. The number of carbonyl (C=O) groups is 1. The van der Waals surface area contributed by atoms with Gasteiger partial charge in [0.05, 0.1) is 6.10 Å². The Labute approximate surface area is 96.0 Å². The highest BCUT2D eigenvalue weighted by atomic mass is 16.4. The molecule has 1 rings (SSSR count). The van der Waals surface area contributed by atoms with E-state index >= 15 is 0 Å². The first-order valence-electron chi connectivity index (χ1n) is 5.45. The second-order valence-electron chi connectivity index (χ2n) is 4.50. The molecule has 5 heteroatoms. The lowest BCUT2D eigenvalue weighted by atomic mass is 10.2. The van der Waals surface area contributed by atoms with E-state index in [4.69, 9.17) is 5.11 Å². The van der Waals surface area contributed by atoms with Crippen LogP contribution < -0.4 is 0 Å². The van der Waals surface area contributed by atoms with Crippen molar-refractivity contribution in [2.75, 3.05) is 33.7 Å². The maximum Gasteiger partial charge on any atom is 0.328 e. The van der Waals surface area contributed by atoms with Gasteiger partial charge in [0.25, 0.3) is 0 Å². The van der Waals surface area contributed by atoms with Gasteiger partial charge in [0, 0.05) is 31.8 Å². The van der Waals surface area contributed by atoms with Gasteiger partial charge in [-0.05, 0) is 20.5 Å². The van der Waals surface area contributed by atoms with E-state index in [1.54, 1.807) is 6.08 Å². The molecule has 0 amide bonds. The second-order valence-corrected chi connectivity index (χ2v) is 4.50. The molecular weight excluding hydrogens is 208 g/mol. The first-order valence-corrected chi connectivity index (χ1v) is 5.45. The van der Waals surface area contributed by atoms with E-state index in [2.05, 4.69) is 9.80 Å². The standard InChI is InChI=1S/C11H20N2O3/c1-12(2)7-9-6-10(14)8-13(9)5-3-4-11(15)16/h3-4,9-10,14H,5-8H2,1-2H3,(H,15,16). The minimum atomic E-state index is -0.927. The summed E-state index contributed by atoms with van der Waals surface area (Å²) in [5, 5.41) is 18.1. The van der Waals surface area contributed by atoms with Crippen LogP contribution in [0.5, 0.6) is 0 Å². The van der Waals surface area contributed by atoms with Crippen LogP contribution in [0.2, 0.25) is 0 Å². The molecule has 5 nitrogen and oxygen atoms in total. The fourth-order valence-corrected chi connectivity index (χ4v) is 2.08. The number of rotatable bonds is 5. The maximum atomic E-state index is 10.3. The third-order valence-corrected chi connectivity index (χ3v) is 2.68. The predicted octanol–water partition coefficient (Wildman–Crippen LogP) is -0.376. The van der Waals surface area contributed by atoms with E-state index in [1.807, 2.05) is 14.1 Å². The van der Waals surface area contributed by atoms with Crippen LogP contribution in [0.3, 0.4) is 0 Å². The van der Waals surface area contributed by atoms with E-state index in [1.165, 1.54) is 0 Å². The third-order valence-electron chi connectivity index (χ3n) is 2.68. The van der Waals surface area contributed by atoms with Crippen LogP contribution in [-0.4, -0.2) is 71.9 Å². The van der Waals surface area contributed by atoms with Crippen molar-refractivity contribution in [1.29, 1.82) is 0 Å². The van der Waals surface area contributed by atoms with E-state index in [0.717, 1.165) is 19.0 Å². The van der Waals surface area contributed by atoms with E-state index in [9.17, 15) is 9.90 Å². The zero-order chi connectivity index (χ0) is 12.1. The smallest absolute Gasteiger partial charge is 0.328 e. The summed E-state index contributed by atoms with van der Waals surface area (Å²) in [6.07, 6.45) is 3.25. The molecule has 0 aromatic rings. The van der Waals surface area contributed by atoms with Crippen LogP contribution in [0.1, 0.15) is 6.42 Å². The molecule has 16 heavy (non-hydrogen) atoms. The van der Waals surface area contributed by atoms with Crippen LogP contribution in [0, 0.1) is 0 Å². The van der Waals surface area contributed by atoms with E-state index in [-0.39, 0.29) is 6.10 Å². The van der Waals surface area contributed by atoms with Crippen molar-refractivity contribution in [3.05, 3.63) is 12.2 Å². The molecule has 92 valence electrons. The molecule has 1 aliphatic heterocycles. The molecule has 1 saturated heterocycles. The number of nitrogens with zero attached hydrogens (tertiary/aromatic N) is 2. The van der Waals surface area contributed by atoms with Gasteiger partial charge in [0.2, 0.25) is 0 Å². The highest BCUT2D eigenvalue weighted by molar-refractivity contribution is 5.79. The fourth-order valence-electron chi connectivity index (χ4n) is 2.08. The number of carboxylic acids is 1. The van der Waals surface area contributed by atoms with Crippen LogP contribution in [0.25, 0.3) is 0 Å². The van der Waals surface area contributed by atoms with E-state index < -0.39 is 5.97 Å². The van der Waals surface area contributed by atoms with Crippen LogP contribution in [0.4, 0.5) is 0 Å². The highest BCUT2D eigenvalue weighted by Crippen LogP contribution is 2.17. The molecule has 0 spiro atoms. The number of likely N-dealkylation sites (tertiary alicyclic amines) is 1. The molecule has 1 aliphatic rings. The van der Waals surface area contributed by atoms with Crippen molar-refractivity contribution in [1.82, 2.24) is 9.80 Å². The predicted molar refractivity (Wildman–Crippen MR) is 61.3 cm³/mol. The summed E-state index contributed by atoms with van der Waals surface area (Å²) in [6, 6.07) is 0.309. The number of aliphatic carboxylic acids is 1. The molecule has 0 radical (unpaired) electrons. The Morgan fingerprint density at radius 1 is 1.56 bits per heavy atom. The lowest BCUT2D eigenvalue weighted by molar-refractivity contribution is -0.131. The Morgan fingerprint density at radius 3 is 2.81 bits per heavy atom. The van der Waals surface area contributed by atoms with Gasteiger partial charge in [-0.2, -0.15) is 0 Å². The van der Waals surface area contributed by atoms with Gasteiger partial charge in [-0.1, -0.05) is 6.08 Å². The zero-order valence-electron chi connectivity index (χ0n) is 9.83. The number of aliphatic hydroxyl groups is 1. The van der Waals surface area contributed by atoms with Gasteiger partial charge >= 0.3 is 5.97 Å². The number of aliphatic hydroxyl groups excluding tert-OH is 1. The summed E-state index contributed by atoms with van der Waals surface area (Å²) < 4.78 is 0. The first-order chi connectivity index (χ1) is 7.49. The van der Waals surface area contributed by atoms with Crippen molar-refractivity contribution in [2.24, 2.45) is 0 Å². The van der Waals surface area contributed by atoms with Crippen LogP contribution in [0.15, 0.2) is 12.2 Å². The number of hydrogen-bond acceptors (Lipinski definition) is 4. The fraction of sp³-hybridized carbons (Fsp3) is 0.727. The molecule has 0 aromatic carbocycles. The molecular formula is C11H20N2O3. The highest BCUT2D eigenvalue weighted by Gasteiger charge is 2.30. The molecule has 1 fully saturated rings.